The fourth-order valence-electron chi connectivity index (χ4n) is 4.14. The number of guanidine groups is 1. The molecule has 0 rings (SSSR count). The molecule has 0 aromatic rings. The van der Waals surface area contributed by atoms with E-state index in [1.54, 1.807) is 0 Å². The summed E-state index contributed by atoms with van der Waals surface area (Å²) < 4.78 is 0. The maximum Gasteiger partial charge on any atom is 0.326 e. The van der Waals surface area contributed by atoms with E-state index in [9.17, 15) is 54.0 Å². The second-order valence-electron chi connectivity index (χ2n) is 11.2. The van der Waals surface area contributed by atoms with Gasteiger partial charge in [-0.15, -0.1) is 0 Å². The van der Waals surface area contributed by atoms with Crippen molar-refractivity contribution in [2.24, 2.45) is 33.7 Å². The Hall–Kier alpha value is -4.64. The van der Waals surface area contributed by atoms with E-state index in [4.69, 9.17) is 28.7 Å². The van der Waals surface area contributed by atoms with Gasteiger partial charge in [-0.2, -0.15) is 0 Å². The number of carboxylic acids is 1. The Morgan fingerprint density at radius 3 is 1.61 bits per heavy atom. The molecule has 0 aliphatic heterocycles. The number of nitrogens with one attached hydrogen (secondary N) is 5. The molecule has 19 N–H and O–H groups in total. The molecular formula is C27H51N11O11. The number of rotatable bonds is 24. The number of aliphatic hydroxyl groups is 3. The molecule has 0 aliphatic rings. The zero-order valence-electron chi connectivity index (χ0n) is 27.5. The summed E-state index contributed by atoms with van der Waals surface area (Å²) in [6, 6.07) is -9.50. The number of aliphatic hydroxyl groups excluding tert-OH is 3. The number of hydrogen-bond donors (Lipinski definition) is 14. The van der Waals surface area contributed by atoms with Crippen LogP contribution in [0.25, 0.3) is 0 Å². The molecule has 0 bridgehead atoms. The molecule has 8 atom stereocenters. The maximum atomic E-state index is 13.3. The lowest BCUT2D eigenvalue weighted by Crippen LogP contribution is -2.63. The molecule has 0 heterocycles. The van der Waals surface area contributed by atoms with Crippen molar-refractivity contribution in [3.8, 4) is 0 Å². The van der Waals surface area contributed by atoms with Crippen LogP contribution in [-0.4, -0.2) is 136 Å². The van der Waals surface area contributed by atoms with Crippen molar-refractivity contribution >= 4 is 47.4 Å². The first kappa shape index (κ1) is 44.4. The van der Waals surface area contributed by atoms with Crippen LogP contribution in [0.1, 0.15) is 52.4 Å². The molecule has 0 fully saturated rings. The summed E-state index contributed by atoms with van der Waals surface area (Å²) in [5.41, 5.74) is 26.8. The van der Waals surface area contributed by atoms with E-state index in [0.717, 1.165) is 13.8 Å². The van der Waals surface area contributed by atoms with Gasteiger partial charge in [-0.3, -0.25) is 33.8 Å². The fraction of sp³-hybridized carbons (Fsp3) is 0.704. The predicted molar refractivity (Wildman–Crippen MR) is 172 cm³/mol. The van der Waals surface area contributed by atoms with E-state index >= 15 is 0 Å². The first-order chi connectivity index (χ1) is 22.9. The van der Waals surface area contributed by atoms with Gasteiger partial charge in [0.1, 0.15) is 36.3 Å². The lowest BCUT2D eigenvalue weighted by Gasteiger charge is -2.28. The highest BCUT2D eigenvalue weighted by Crippen LogP contribution is 2.06. The normalized spacial score (nSPS) is 15.8. The third-order valence-corrected chi connectivity index (χ3v) is 6.84. The van der Waals surface area contributed by atoms with E-state index in [1.807, 2.05) is 0 Å². The van der Waals surface area contributed by atoms with E-state index in [-0.39, 0.29) is 31.8 Å². The number of carboxylic acid groups (broad SMARTS) is 1. The number of nitrogens with zero attached hydrogens (tertiary/aromatic N) is 1. The minimum atomic E-state index is -1.84. The number of primary amides is 1. The van der Waals surface area contributed by atoms with Gasteiger partial charge in [0.05, 0.1) is 25.2 Å². The molecule has 22 heteroatoms. The summed E-state index contributed by atoms with van der Waals surface area (Å²) in [6.07, 6.45) is -3.15. The molecule has 0 radical (unpaired) electrons. The third-order valence-electron chi connectivity index (χ3n) is 6.84. The van der Waals surface area contributed by atoms with Gasteiger partial charge in [-0.25, -0.2) is 4.79 Å². The van der Waals surface area contributed by atoms with Crippen LogP contribution in [0, 0.1) is 0 Å². The number of aliphatic carboxylic acids is 1. The number of amides is 6. The largest absolute Gasteiger partial charge is 0.480 e. The van der Waals surface area contributed by atoms with Gasteiger partial charge in [-0.05, 0) is 52.5 Å². The van der Waals surface area contributed by atoms with Crippen LogP contribution < -0.4 is 55.3 Å². The number of carbonyl (C=O) groups excluding carboxylic acids is 6. The summed E-state index contributed by atoms with van der Waals surface area (Å²) in [5.74, 6) is -8.08. The van der Waals surface area contributed by atoms with Crippen molar-refractivity contribution in [2.45, 2.75) is 101 Å². The van der Waals surface area contributed by atoms with Gasteiger partial charge in [0.15, 0.2) is 5.96 Å². The van der Waals surface area contributed by atoms with Crippen LogP contribution in [-0.2, 0) is 33.6 Å². The average Bonchev–Trinajstić information content (AvgIpc) is 3.01. The minimum Gasteiger partial charge on any atom is -0.480 e. The SMILES string of the molecule is C[C@@H](O)[C@H](NC(=O)[C@H](CC(N)=O)NC(=O)[C@H](CCCN=C(N)N)NC(=O)[C@@H](N)CO)C(=O)N[C@H](C(=O)N[C@@H](CCCCN)C(=O)O)[C@@H](C)O. The molecule has 0 saturated heterocycles. The third kappa shape index (κ3) is 17.4. The Bertz CT molecular complexity index is 1170. The molecule has 6 amide bonds. The molecule has 22 nitrogen and oxygen atoms in total. The van der Waals surface area contributed by atoms with E-state index in [1.165, 1.54) is 0 Å². The van der Waals surface area contributed by atoms with Crippen molar-refractivity contribution in [1.82, 2.24) is 26.6 Å². The molecule has 280 valence electrons. The van der Waals surface area contributed by atoms with Crippen LogP contribution in [0.5, 0.6) is 0 Å². The highest BCUT2D eigenvalue weighted by atomic mass is 16.4. The summed E-state index contributed by atoms with van der Waals surface area (Å²) in [5, 5.41) is 50.2. The number of carbonyl (C=O) groups is 7. The number of hydrogen-bond acceptors (Lipinski definition) is 13. The van der Waals surface area contributed by atoms with Gasteiger partial charge in [0.2, 0.25) is 35.4 Å². The topological polar surface area (TPSA) is 403 Å². The lowest BCUT2D eigenvalue weighted by molar-refractivity contribution is -0.143. The molecular weight excluding hydrogens is 654 g/mol. The summed E-state index contributed by atoms with van der Waals surface area (Å²) >= 11 is 0. The van der Waals surface area contributed by atoms with Crippen molar-refractivity contribution < 1.29 is 54.0 Å². The summed E-state index contributed by atoms with van der Waals surface area (Å²) in [7, 11) is 0. The van der Waals surface area contributed by atoms with Gasteiger partial charge in [0, 0.05) is 6.54 Å². The van der Waals surface area contributed by atoms with Crippen molar-refractivity contribution in [3.05, 3.63) is 0 Å². The molecule has 0 aliphatic carbocycles. The quantitative estimate of drug-likeness (QED) is 0.0252. The molecule has 0 saturated carbocycles. The van der Waals surface area contributed by atoms with Gasteiger partial charge >= 0.3 is 5.97 Å². The van der Waals surface area contributed by atoms with Gasteiger partial charge < -0.3 is 75.7 Å². The Labute approximate surface area is 282 Å². The highest BCUT2D eigenvalue weighted by molar-refractivity contribution is 5.98. The van der Waals surface area contributed by atoms with Gasteiger partial charge in [0.25, 0.3) is 0 Å². The molecule has 0 aromatic heterocycles. The molecule has 0 spiro atoms. The van der Waals surface area contributed by atoms with Crippen molar-refractivity contribution in [2.75, 3.05) is 19.7 Å². The first-order valence-electron chi connectivity index (χ1n) is 15.4. The fourth-order valence-corrected chi connectivity index (χ4v) is 4.14. The monoisotopic (exact) mass is 705 g/mol. The van der Waals surface area contributed by atoms with E-state index < -0.39 is 103 Å². The van der Waals surface area contributed by atoms with E-state index in [0.29, 0.717) is 19.4 Å². The Kier molecular flexibility index (Phi) is 20.7. The first-order valence-corrected chi connectivity index (χ1v) is 15.4. The number of aliphatic imine (C=N–C) groups is 1. The van der Waals surface area contributed by atoms with Crippen LogP contribution in [0.3, 0.4) is 0 Å². The Morgan fingerprint density at radius 2 is 1.14 bits per heavy atom. The zero-order chi connectivity index (χ0) is 37.8. The molecule has 49 heavy (non-hydrogen) atoms. The van der Waals surface area contributed by atoms with Crippen LogP contribution in [0.4, 0.5) is 0 Å². The smallest absolute Gasteiger partial charge is 0.326 e. The minimum absolute atomic E-state index is 0.00706. The second kappa shape index (κ2) is 22.8. The summed E-state index contributed by atoms with van der Waals surface area (Å²) in [6.45, 7) is 1.80. The van der Waals surface area contributed by atoms with E-state index in [2.05, 4.69) is 31.6 Å². The van der Waals surface area contributed by atoms with Crippen molar-refractivity contribution in [3.63, 3.8) is 0 Å². The molecule has 0 unspecified atom stereocenters. The van der Waals surface area contributed by atoms with Crippen LogP contribution >= 0.6 is 0 Å². The summed E-state index contributed by atoms with van der Waals surface area (Å²) in [4.78, 5) is 92.0. The number of unbranched alkanes of at least 4 members (excludes halogenated alkanes) is 1. The standard InChI is InChI=1S/C27H51N11O11/c1-12(40)19(24(46)35-16(26(48)49)6-3-4-8-28)38-25(47)20(13(2)41)37-23(45)17(10-18(30)42)36-22(44)15(7-5-9-33-27(31)32)34-21(43)14(29)11-39/h12-17,19-20,39-41H,3-11,28-29H2,1-2H3,(H2,30,42)(H,34,43)(H,35,46)(H,36,44)(H,37,45)(H,38,47)(H,48,49)(H4,31,32,33)/t12-,13-,14+,15+,16+,17+,19+,20+/m1/s1. The Morgan fingerprint density at radius 1 is 0.673 bits per heavy atom. The predicted octanol–water partition coefficient (Wildman–Crippen LogP) is -7.37. The second-order valence-corrected chi connectivity index (χ2v) is 11.2. The number of nitrogens with two attached hydrogens (primary N) is 5. The highest BCUT2D eigenvalue weighted by Gasteiger charge is 2.36. The van der Waals surface area contributed by atoms with Crippen LogP contribution in [0.15, 0.2) is 4.99 Å². The van der Waals surface area contributed by atoms with Crippen molar-refractivity contribution in [1.29, 1.82) is 0 Å². The van der Waals surface area contributed by atoms with Gasteiger partial charge in [-0.1, -0.05) is 0 Å². The lowest BCUT2D eigenvalue weighted by atomic mass is 10.1. The average molecular weight is 706 g/mol. The zero-order valence-corrected chi connectivity index (χ0v) is 27.5. The van der Waals surface area contributed by atoms with Crippen LogP contribution in [0.2, 0.25) is 0 Å². The Balaban J connectivity index is 5.99. The molecule has 0 aromatic carbocycles. The maximum absolute atomic E-state index is 13.3.